The number of nitrogens with one attached hydrogen (secondary N) is 1. The molecule has 1 aliphatic heterocycles. The van der Waals surface area contributed by atoms with Crippen molar-refractivity contribution in [3.05, 3.63) is 65.5 Å². The first-order valence-electron chi connectivity index (χ1n) is 8.60. The summed E-state index contributed by atoms with van der Waals surface area (Å²) in [5.41, 5.74) is 0.712. The van der Waals surface area contributed by atoms with Crippen molar-refractivity contribution in [1.29, 1.82) is 0 Å². The maximum absolute atomic E-state index is 13.2. The summed E-state index contributed by atoms with van der Waals surface area (Å²) in [6, 6.07) is 12.1. The van der Waals surface area contributed by atoms with Crippen LogP contribution in [-0.4, -0.2) is 31.7 Å². The fraction of sp³-hybridized carbons (Fsp3) is 0.316. The number of amides is 1. The van der Waals surface area contributed by atoms with Crippen LogP contribution in [0.1, 0.15) is 35.2 Å². The molecule has 2 aromatic carbocycles. The van der Waals surface area contributed by atoms with Gasteiger partial charge in [-0.15, -0.1) is 0 Å². The van der Waals surface area contributed by atoms with Gasteiger partial charge in [0.1, 0.15) is 5.82 Å². The number of hydrogen-bond acceptors (Lipinski definition) is 3. The second-order valence-electron chi connectivity index (χ2n) is 6.27. The van der Waals surface area contributed by atoms with Crippen LogP contribution in [0.3, 0.4) is 0 Å². The molecule has 3 rings (SSSR count). The zero-order chi connectivity index (χ0) is 18.6. The van der Waals surface area contributed by atoms with Crippen molar-refractivity contribution in [3.63, 3.8) is 0 Å². The largest absolute Gasteiger partial charge is 0.348 e. The number of rotatable bonds is 5. The molecular formula is C19H21FN2O3S. The van der Waals surface area contributed by atoms with Crippen LogP contribution in [0.2, 0.25) is 0 Å². The zero-order valence-electron chi connectivity index (χ0n) is 14.3. The van der Waals surface area contributed by atoms with Crippen LogP contribution < -0.4 is 5.32 Å². The molecule has 0 radical (unpaired) electrons. The third-order valence-electron chi connectivity index (χ3n) is 4.41. The van der Waals surface area contributed by atoms with Crippen LogP contribution in [0.5, 0.6) is 0 Å². The number of sulfonamides is 1. The molecule has 0 unspecified atom stereocenters. The lowest BCUT2D eigenvalue weighted by Crippen LogP contribution is -2.37. The van der Waals surface area contributed by atoms with Crippen LogP contribution in [0.25, 0.3) is 0 Å². The quantitative estimate of drug-likeness (QED) is 0.873. The van der Waals surface area contributed by atoms with E-state index in [9.17, 15) is 17.6 Å². The molecule has 0 aliphatic carbocycles. The Kier molecular flexibility index (Phi) is 5.68. The monoisotopic (exact) mass is 376 g/mol. The van der Waals surface area contributed by atoms with Crippen LogP contribution in [0.15, 0.2) is 53.4 Å². The Morgan fingerprint density at radius 2 is 1.77 bits per heavy atom. The topological polar surface area (TPSA) is 66.5 Å². The zero-order valence-corrected chi connectivity index (χ0v) is 15.1. The van der Waals surface area contributed by atoms with Gasteiger partial charge in [0.2, 0.25) is 10.0 Å². The predicted molar refractivity (Wildman–Crippen MR) is 96.6 cm³/mol. The molecule has 2 aromatic rings. The summed E-state index contributed by atoms with van der Waals surface area (Å²) in [4.78, 5) is 12.6. The Balaban J connectivity index is 1.81. The Bertz CT molecular complexity index is 893. The Morgan fingerprint density at radius 1 is 1.04 bits per heavy atom. The fourth-order valence-electron chi connectivity index (χ4n) is 3.05. The molecule has 0 bridgehead atoms. The van der Waals surface area contributed by atoms with Crippen LogP contribution in [0, 0.1) is 5.82 Å². The number of piperidine rings is 1. The summed E-state index contributed by atoms with van der Waals surface area (Å²) in [5.74, 6) is -0.879. The maximum Gasteiger partial charge on any atom is 0.252 e. The van der Waals surface area contributed by atoms with E-state index in [1.54, 1.807) is 24.3 Å². The van der Waals surface area contributed by atoms with Gasteiger partial charge < -0.3 is 5.32 Å². The van der Waals surface area contributed by atoms with Gasteiger partial charge in [-0.05, 0) is 42.7 Å². The van der Waals surface area contributed by atoms with Crippen molar-refractivity contribution in [2.45, 2.75) is 30.7 Å². The Morgan fingerprint density at radius 3 is 2.50 bits per heavy atom. The number of carbonyl (C=O) groups is 1. The molecule has 1 fully saturated rings. The van der Waals surface area contributed by atoms with Crippen LogP contribution in [-0.2, 0) is 16.6 Å². The summed E-state index contributed by atoms with van der Waals surface area (Å²) in [7, 11) is -3.71. The number of benzene rings is 2. The van der Waals surface area contributed by atoms with Gasteiger partial charge in [-0.25, -0.2) is 12.8 Å². The average molecular weight is 376 g/mol. The van der Waals surface area contributed by atoms with Gasteiger partial charge in [0.05, 0.1) is 10.5 Å². The minimum atomic E-state index is -3.71. The summed E-state index contributed by atoms with van der Waals surface area (Å²) in [6.45, 7) is 1.07. The van der Waals surface area contributed by atoms with E-state index in [0.717, 1.165) is 19.3 Å². The van der Waals surface area contributed by atoms with Crippen molar-refractivity contribution in [3.8, 4) is 0 Å². The van der Waals surface area contributed by atoms with Crippen LogP contribution >= 0.6 is 0 Å². The van der Waals surface area contributed by atoms with E-state index in [1.165, 1.54) is 28.6 Å². The lowest BCUT2D eigenvalue weighted by molar-refractivity contribution is 0.0947. The van der Waals surface area contributed by atoms with Crippen molar-refractivity contribution in [2.75, 3.05) is 13.1 Å². The molecule has 1 aliphatic rings. The van der Waals surface area contributed by atoms with Crippen molar-refractivity contribution < 1.29 is 17.6 Å². The molecule has 7 heteroatoms. The van der Waals surface area contributed by atoms with E-state index in [-0.39, 0.29) is 22.8 Å². The predicted octanol–water partition coefficient (Wildman–Crippen LogP) is 2.93. The minimum Gasteiger partial charge on any atom is -0.348 e. The van der Waals surface area contributed by atoms with E-state index in [2.05, 4.69) is 5.32 Å². The molecule has 138 valence electrons. The van der Waals surface area contributed by atoms with Gasteiger partial charge in [-0.1, -0.05) is 30.7 Å². The highest BCUT2D eigenvalue weighted by atomic mass is 32.2. The van der Waals surface area contributed by atoms with E-state index in [0.29, 0.717) is 18.7 Å². The Labute approximate surface area is 152 Å². The molecule has 26 heavy (non-hydrogen) atoms. The first-order chi connectivity index (χ1) is 12.5. The average Bonchev–Trinajstić information content (AvgIpc) is 2.67. The second-order valence-corrected chi connectivity index (χ2v) is 8.18. The first kappa shape index (κ1) is 18.5. The lowest BCUT2D eigenvalue weighted by Gasteiger charge is -2.26. The van der Waals surface area contributed by atoms with E-state index in [4.69, 9.17) is 0 Å². The van der Waals surface area contributed by atoms with Crippen molar-refractivity contribution in [1.82, 2.24) is 9.62 Å². The molecule has 0 atom stereocenters. The number of hydrogen-bond donors (Lipinski definition) is 1. The lowest BCUT2D eigenvalue weighted by atomic mass is 10.2. The van der Waals surface area contributed by atoms with Gasteiger partial charge in [-0.3, -0.25) is 4.79 Å². The standard InChI is InChI=1S/C19H21FN2O3S/c20-16-8-6-7-15(13-16)14-21-19(23)17-9-2-3-10-18(17)26(24,25)22-11-4-1-5-12-22/h2-3,6-10,13H,1,4-5,11-12,14H2,(H,21,23). The second kappa shape index (κ2) is 7.97. The molecule has 1 N–H and O–H groups in total. The molecular weight excluding hydrogens is 355 g/mol. The highest BCUT2D eigenvalue weighted by Gasteiger charge is 2.29. The SMILES string of the molecule is O=C(NCc1cccc(F)c1)c1ccccc1S(=O)(=O)N1CCCCC1. The Hall–Kier alpha value is -2.25. The molecule has 0 spiro atoms. The highest BCUT2D eigenvalue weighted by Crippen LogP contribution is 2.23. The smallest absolute Gasteiger partial charge is 0.252 e. The third kappa shape index (κ3) is 4.11. The third-order valence-corrected chi connectivity index (χ3v) is 6.36. The van der Waals surface area contributed by atoms with E-state index >= 15 is 0 Å². The highest BCUT2D eigenvalue weighted by molar-refractivity contribution is 7.89. The summed E-state index contributed by atoms with van der Waals surface area (Å²) in [6.07, 6.45) is 2.67. The van der Waals surface area contributed by atoms with Crippen LogP contribution in [0.4, 0.5) is 4.39 Å². The van der Waals surface area contributed by atoms with Gasteiger partial charge in [0.25, 0.3) is 5.91 Å². The van der Waals surface area contributed by atoms with Gasteiger partial charge >= 0.3 is 0 Å². The number of nitrogens with zero attached hydrogens (tertiary/aromatic N) is 1. The first-order valence-corrected chi connectivity index (χ1v) is 10.0. The van der Waals surface area contributed by atoms with Gasteiger partial charge in [0, 0.05) is 19.6 Å². The van der Waals surface area contributed by atoms with E-state index < -0.39 is 15.9 Å². The molecule has 1 heterocycles. The summed E-state index contributed by atoms with van der Waals surface area (Å²) < 4.78 is 40.5. The van der Waals surface area contributed by atoms with Gasteiger partial charge in [-0.2, -0.15) is 4.31 Å². The summed E-state index contributed by atoms with van der Waals surface area (Å²) >= 11 is 0. The number of halogens is 1. The minimum absolute atomic E-state index is 0.0126. The summed E-state index contributed by atoms with van der Waals surface area (Å²) in [5, 5.41) is 2.67. The normalized spacial score (nSPS) is 15.6. The molecule has 0 aromatic heterocycles. The van der Waals surface area contributed by atoms with Crippen molar-refractivity contribution in [2.24, 2.45) is 0 Å². The molecule has 5 nitrogen and oxygen atoms in total. The molecule has 1 amide bonds. The van der Waals surface area contributed by atoms with Gasteiger partial charge in [0.15, 0.2) is 0 Å². The van der Waals surface area contributed by atoms with E-state index in [1.807, 2.05) is 0 Å². The van der Waals surface area contributed by atoms with Crippen molar-refractivity contribution >= 4 is 15.9 Å². The molecule has 1 saturated heterocycles. The molecule has 0 saturated carbocycles. The number of carbonyl (C=O) groups excluding carboxylic acids is 1. The maximum atomic E-state index is 13.2. The fourth-order valence-corrected chi connectivity index (χ4v) is 4.75.